The first-order valence-electron chi connectivity index (χ1n) is 6.26. The summed E-state index contributed by atoms with van der Waals surface area (Å²) in [5.41, 5.74) is 2.30. The Morgan fingerprint density at radius 2 is 1.86 bits per heavy atom. The van der Waals surface area contributed by atoms with E-state index in [4.69, 9.17) is 23.2 Å². The zero-order valence-corrected chi connectivity index (χ0v) is 14.0. The fourth-order valence-corrected chi connectivity index (χ4v) is 3.75. The minimum atomic E-state index is -3.65. The standard InChI is InChI=1S/C15H15Cl2NO2S/c1-11-4-3-5-13(8-11)18(2)21(19,20)14-7-6-12(10-16)15(17)9-14/h3-9H,10H2,1-2H3. The molecule has 0 spiro atoms. The lowest BCUT2D eigenvalue weighted by Gasteiger charge is -2.20. The normalized spacial score (nSPS) is 11.4. The molecule has 2 aromatic carbocycles. The highest BCUT2D eigenvalue weighted by atomic mass is 35.5. The summed E-state index contributed by atoms with van der Waals surface area (Å²) in [7, 11) is -2.13. The van der Waals surface area contributed by atoms with Gasteiger partial charge in [-0.05, 0) is 42.3 Å². The highest BCUT2D eigenvalue weighted by molar-refractivity contribution is 7.92. The summed E-state index contributed by atoms with van der Waals surface area (Å²) in [5.74, 6) is 0.243. The van der Waals surface area contributed by atoms with E-state index in [1.54, 1.807) is 12.1 Å². The summed E-state index contributed by atoms with van der Waals surface area (Å²) in [6.45, 7) is 1.91. The van der Waals surface area contributed by atoms with Gasteiger partial charge >= 0.3 is 0 Å². The van der Waals surface area contributed by atoms with Crippen LogP contribution in [0.4, 0.5) is 5.69 Å². The second-order valence-corrected chi connectivity index (χ2v) is 7.34. The van der Waals surface area contributed by atoms with Crippen molar-refractivity contribution in [2.75, 3.05) is 11.4 Å². The molecule has 6 heteroatoms. The molecule has 0 fully saturated rings. The molecule has 0 saturated heterocycles. The number of anilines is 1. The molecular formula is C15H15Cl2NO2S. The van der Waals surface area contributed by atoms with Crippen LogP contribution in [0, 0.1) is 6.92 Å². The molecule has 0 aromatic heterocycles. The molecule has 3 nitrogen and oxygen atoms in total. The zero-order valence-electron chi connectivity index (χ0n) is 11.7. The van der Waals surface area contributed by atoms with Gasteiger partial charge < -0.3 is 0 Å². The van der Waals surface area contributed by atoms with E-state index in [0.717, 1.165) is 5.56 Å². The second-order valence-electron chi connectivity index (χ2n) is 4.70. The largest absolute Gasteiger partial charge is 0.269 e. The number of rotatable bonds is 4. The van der Waals surface area contributed by atoms with Gasteiger partial charge in [-0.15, -0.1) is 11.6 Å². The van der Waals surface area contributed by atoms with Crippen LogP contribution >= 0.6 is 23.2 Å². The molecule has 0 aliphatic rings. The van der Waals surface area contributed by atoms with E-state index in [0.29, 0.717) is 16.3 Å². The van der Waals surface area contributed by atoms with Gasteiger partial charge in [0.05, 0.1) is 10.6 Å². The topological polar surface area (TPSA) is 37.4 Å². The molecule has 21 heavy (non-hydrogen) atoms. The third-order valence-corrected chi connectivity index (χ3v) is 5.61. The smallest absolute Gasteiger partial charge is 0.264 e. The minimum absolute atomic E-state index is 0.144. The predicted molar refractivity (Wildman–Crippen MR) is 87.8 cm³/mol. The number of hydrogen-bond acceptors (Lipinski definition) is 2. The summed E-state index contributed by atoms with van der Waals surface area (Å²) < 4.78 is 26.5. The van der Waals surface area contributed by atoms with Crippen LogP contribution in [0.25, 0.3) is 0 Å². The third kappa shape index (κ3) is 3.34. The van der Waals surface area contributed by atoms with Crippen molar-refractivity contribution in [2.24, 2.45) is 0 Å². The third-order valence-electron chi connectivity index (χ3n) is 3.19. The highest BCUT2D eigenvalue weighted by Gasteiger charge is 2.22. The quantitative estimate of drug-likeness (QED) is 0.779. The molecule has 2 aromatic rings. The van der Waals surface area contributed by atoms with E-state index in [1.807, 2.05) is 25.1 Å². The molecule has 0 saturated carbocycles. The Labute approximate surface area is 135 Å². The summed E-state index contributed by atoms with van der Waals surface area (Å²) >= 11 is 11.8. The monoisotopic (exact) mass is 343 g/mol. The Bertz CT molecular complexity index is 760. The van der Waals surface area contributed by atoms with Gasteiger partial charge in [0.25, 0.3) is 10.0 Å². The molecular weight excluding hydrogens is 329 g/mol. The Balaban J connectivity index is 2.44. The minimum Gasteiger partial charge on any atom is -0.269 e. The van der Waals surface area contributed by atoms with E-state index < -0.39 is 10.0 Å². The first kappa shape index (κ1) is 16.1. The molecule has 0 aliphatic heterocycles. The molecule has 0 unspecified atom stereocenters. The van der Waals surface area contributed by atoms with Gasteiger partial charge in [0.2, 0.25) is 0 Å². The van der Waals surface area contributed by atoms with Crippen LogP contribution in [0.15, 0.2) is 47.4 Å². The van der Waals surface area contributed by atoms with Gasteiger partial charge in [0.1, 0.15) is 0 Å². The lowest BCUT2D eigenvalue weighted by molar-refractivity contribution is 0.594. The van der Waals surface area contributed by atoms with Crippen LogP contribution in [0.1, 0.15) is 11.1 Å². The molecule has 2 rings (SSSR count). The van der Waals surface area contributed by atoms with Crippen LogP contribution < -0.4 is 4.31 Å². The first-order valence-corrected chi connectivity index (χ1v) is 8.61. The van der Waals surface area contributed by atoms with Crippen molar-refractivity contribution in [3.8, 4) is 0 Å². The highest BCUT2D eigenvalue weighted by Crippen LogP contribution is 2.27. The van der Waals surface area contributed by atoms with Crippen molar-refractivity contribution < 1.29 is 8.42 Å². The molecule has 0 aliphatic carbocycles. The summed E-state index contributed by atoms with van der Waals surface area (Å²) in [6.07, 6.45) is 0. The Morgan fingerprint density at radius 3 is 2.43 bits per heavy atom. The van der Waals surface area contributed by atoms with Gasteiger partial charge in [-0.3, -0.25) is 4.31 Å². The van der Waals surface area contributed by atoms with E-state index in [1.165, 1.54) is 23.5 Å². The number of sulfonamides is 1. The SMILES string of the molecule is Cc1cccc(N(C)S(=O)(=O)c2ccc(CCl)c(Cl)c2)c1. The van der Waals surface area contributed by atoms with Gasteiger partial charge in [0.15, 0.2) is 0 Å². The van der Waals surface area contributed by atoms with Gasteiger partial charge in [-0.25, -0.2) is 8.42 Å². The summed E-state index contributed by atoms with van der Waals surface area (Å²) in [5, 5.41) is 0.351. The van der Waals surface area contributed by atoms with E-state index >= 15 is 0 Å². The van der Waals surface area contributed by atoms with Crippen molar-refractivity contribution in [2.45, 2.75) is 17.7 Å². The Morgan fingerprint density at radius 1 is 1.14 bits per heavy atom. The molecule has 0 atom stereocenters. The molecule has 0 N–H and O–H groups in total. The second kappa shape index (κ2) is 6.26. The number of alkyl halides is 1. The fourth-order valence-electron chi connectivity index (χ4n) is 1.92. The van der Waals surface area contributed by atoms with Crippen LogP contribution in [0.5, 0.6) is 0 Å². The average Bonchev–Trinajstić information content (AvgIpc) is 2.46. The fraction of sp³-hybridized carbons (Fsp3) is 0.200. The van der Waals surface area contributed by atoms with Crippen LogP contribution in [-0.2, 0) is 15.9 Å². The number of halogens is 2. The van der Waals surface area contributed by atoms with Crippen LogP contribution in [0.2, 0.25) is 5.02 Å². The van der Waals surface area contributed by atoms with Gasteiger partial charge in [-0.2, -0.15) is 0 Å². The number of hydrogen-bond donors (Lipinski definition) is 0. The number of aryl methyl sites for hydroxylation is 1. The maximum atomic E-state index is 12.6. The van der Waals surface area contributed by atoms with Gasteiger partial charge in [0, 0.05) is 18.0 Å². The summed E-state index contributed by atoms with van der Waals surface area (Å²) in [6, 6.07) is 11.9. The molecule has 0 amide bonds. The van der Waals surface area contributed by atoms with Crippen molar-refractivity contribution in [3.63, 3.8) is 0 Å². The van der Waals surface area contributed by atoms with Crippen LogP contribution in [-0.4, -0.2) is 15.5 Å². The molecule has 0 heterocycles. The van der Waals surface area contributed by atoms with Crippen molar-refractivity contribution >= 4 is 38.9 Å². The Kier molecular flexibility index (Phi) is 4.81. The van der Waals surface area contributed by atoms with E-state index in [9.17, 15) is 8.42 Å². The summed E-state index contributed by atoms with van der Waals surface area (Å²) in [4.78, 5) is 0.144. The van der Waals surface area contributed by atoms with E-state index in [-0.39, 0.29) is 10.8 Å². The first-order chi connectivity index (χ1) is 9.86. The average molecular weight is 344 g/mol. The van der Waals surface area contributed by atoms with Crippen LogP contribution in [0.3, 0.4) is 0 Å². The maximum absolute atomic E-state index is 12.6. The van der Waals surface area contributed by atoms with Crippen molar-refractivity contribution in [3.05, 3.63) is 58.6 Å². The van der Waals surface area contributed by atoms with Gasteiger partial charge in [-0.1, -0.05) is 29.8 Å². The Hall–Kier alpha value is -1.23. The molecule has 112 valence electrons. The molecule has 0 bridgehead atoms. The number of nitrogens with zero attached hydrogens (tertiary/aromatic N) is 1. The van der Waals surface area contributed by atoms with Crippen molar-refractivity contribution in [1.29, 1.82) is 0 Å². The molecule has 0 radical (unpaired) electrons. The number of benzene rings is 2. The maximum Gasteiger partial charge on any atom is 0.264 e. The van der Waals surface area contributed by atoms with Crippen molar-refractivity contribution in [1.82, 2.24) is 0 Å². The zero-order chi connectivity index (χ0) is 15.6. The lowest BCUT2D eigenvalue weighted by atomic mass is 10.2. The predicted octanol–water partition coefficient (Wildman–Crippen LogP) is 4.21. The van der Waals surface area contributed by atoms with E-state index in [2.05, 4.69) is 0 Å². The lowest BCUT2D eigenvalue weighted by Crippen LogP contribution is -2.26.